The normalized spacial score (nSPS) is 25.5. The SMILES string of the molecule is O=C(NC=S)N1C2CCCC3=Cc4c(cnn4-c4ccc(F)cc4)CC321. The van der Waals surface area contributed by atoms with E-state index in [-0.39, 0.29) is 23.4 Å². The van der Waals surface area contributed by atoms with Crippen molar-refractivity contribution in [3.05, 3.63) is 53.1 Å². The third-order valence-corrected chi connectivity index (χ3v) is 5.95. The van der Waals surface area contributed by atoms with Crippen LogP contribution in [0.2, 0.25) is 0 Å². The van der Waals surface area contributed by atoms with E-state index in [0.717, 1.165) is 42.6 Å². The molecule has 26 heavy (non-hydrogen) atoms. The van der Waals surface area contributed by atoms with Crippen molar-refractivity contribution < 1.29 is 9.18 Å². The van der Waals surface area contributed by atoms with Crippen molar-refractivity contribution >= 4 is 29.8 Å². The highest BCUT2D eigenvalue weighted by Gasteiger charge is 2.68. The topological polar surface area (TPSA) is 49.9 Å². The van der Waals surface area contributed by atoms with Crippen molar-refractivity contribution in [2.45, 2.75) is 37.3 Å². The summed E-state index contributed by atoms with van der Waals surface area (Å²) in [6, 6.07) is 6.45. The van der Waals surface area contributed by atoms with Gasteiger partial charge in [0.1, 0.15) is 5.82 Å². The number of nitrogens with one attached hydrogen (secondary N) is 1. The average molecular weight is 368 g/mol. The first kappa shape index (κ1) is 15.7. The number of nitrogens with zero attached hydrogens (tertiary/aromatic N) is 3. The molecule has 2 aliphatic carbocycles. The number of carbonyl (C=O) groups excluding carboxylic acids is 1. The van der Waals surface area contributed by atoms with E-state index in [1.54, 1.807) is 12.1 Å². The van der Waals surface area contributed by atoms with E-state index in [1.807, 2.05) is 15.8 Å². The average Bonchev–Trinajstić information content (AvgIpc) is 3.12. The van der Waals surface area contributed by atoms with E-state index in [2.05, 4.69) is 16.5 Å². The Bertz CT molecular complexity index is 951. The Labute approximate surface area is 155 Å². The molecule has 1 aliphatic heterocycles. The standard InChI is InChI=1S/C19H17FN4OS/c20-14-4-6-15(7-5-14)24-16-8-13-2-1-3-17-19(13,9-12(16)10-22-24)23(17)18(25)21-11-26/h4-8,10-11,17H,1-3,9H2,(H,21,25,26). The molecule has 132 valence electrons. The van der Waals surface area contributed by atoms with E-state index >= 15 is 0 Å². The van der Waals surface area contributed by atoms with E-state index in [1.165, 1.54) is 23.2 Å². The van der Waals surface area contributed by atoms with Crippen LogP contribution in [0.15, 0.2) is 36.0 Å². The lowest BCUT2D eigenvalue weighted by atomic mass is 9.76. The minimum Gasteiger partial charge on any atom is -0.307 e. The summed E-state index contributed by atoms with van der Waals surface area (Å²) in [5.74, 6) is -0.264. The maximum atomic E-state index is 13.2. The number of rotatable bonds is 2. The van der Waals surface area contributed by atoms with Gasteiger partial charge in [0, 0.05) is 12.0 Å². The second kappa shape index (κ2) is 5.48. The van der Waals surface area contributed by atoms with Crippen LogP contribution in [0, 0.1) is 5.82 Å². The number of carbonyl (C=O) groups is 1. The van der Waals surface area contributed by atoms with Crippen LogP contribution in [0.1, 0.15) is 30.5 Å². The molecule has 1 saturated carbocycles. The molecule has 3 aliphatic rings. The first-order valence-corrected chi connectivity index (χ1v) is 9.19. The van der Waals surface area contributed by atoms with Gasteiger partial charge in [0.05, 0.1) is 34.7 Å². The molecule has 0 radical (unpaired) electrons. The summed E-state index contributed by atoms with van der Waals surface area (Å²) < 4.78 is 15.1. The van der Waals surface area contributed by atoms with Crippen LogP contribution in [0.25, 0.3) is 11.8 Å². The highest BCUT2D eigenvalue weighted by molar-refractivity contribution is 7.78. The maximum absolute atomic E-state index is 13.2. The van der Waals surface area contributed by atoms with Gasteiger partial charge in [0.25, 0.3) is 0 Å². The zero-order chi connectivity index (χ0) is 17.9. The van der Waals surface area contributed by atoms with Crippen LogP contribution in [-0.4, -0.2) is 37.8 Å². The Hall–Kier alpha value is -2.54. The molecule has 2 heterocycles. The summed E-state index contributed by atoms with van der Waals surface area (Å²) in [4.78, 5) is 14.4. The predicted molar refractivity (Wildman–Crippen MR) is 99.6 cm³/mol. The van der Waals surface area contributed by atoms with Gasteiger partial charge >= 0.3 is 6.03 Å². The Kier molecular flexibility index (Phi) is 3.31. The van der Waals surface area contributed by atoms with Crippen LogP contribution in [-0.2, 0) is 6.42 Å². The Morgan fingerprint density at radius 1 is 1.38 bits per heavy atom. The molecular weight excluding hydrogens is 351 g/mol. The molecule has 2 aromatic rings. The van der Waals surface area contributed by atoms with Gasteiger partial charge in [-0.15, -0.1) is 0 Å². The summed E-state index contributed by atoms with van der Waals surface area (Å²) in [5, 5.41) is 7.16. The van der Waals surface area contributed by atoms with Crippen molar-refractivity contribution in [1.29, 1.82) is 0 Å². The van der Waals surface area contributed by atoms with Crippen molar-refractivity contribution in [3.8, 4) is 5.69 Å². The van der Waals surface area contributed by atoms with Gasteiger partial charge in [0.2, 0.25) is 0 Å². The summed E-state index contributed by atoms with van der Waals surface area (Å²) in [5.41, 5.74) is 5.31. The monoisotopic (exact) mass is 368 g/mol. The molecule has 1 N–H and O–H groups in total. The molecule has 5 nitrogen and oxygen atoms in total. The molecule has 1 aromatic heterocycles. The minimum atomic E-state index is -0.264. The summed E-state index contributed by atoms with van der Waals surface area (Å²) in [6.45, 7) is 0. The lowest BCUT2D eigenvalue weighted by molar-refractivity contribution is 0.227. The number of hydrogen-bond donors (Lipinski definition) is 1. The third-order valence-electron chi connectivity index (χ3n) is 5.83. The molecular formula is C19H17FN4OS. The maximum Gasteiger partial charge on any atom is 0.323 e. The number of likely N-dealkylation sites (tertiary alicyclic amines) is 1. The minimum absolute atomic E-state index is 0.118. The van der Waals surface area contributed by atoms with E-state index in [4.69, 9.17) is 12.2 Å². The predicted octanol–water partition coefficient (Wildman–Crippen LogP) is 3.22. The Morgan fingerprint density at radius 3 is 2.96 bits per heavy atom. The molecule has 1 aromatic carbocycles. The second-order valence-corrected chi connectivity index (χ2v) is 7.29. The lowest BCUT2D eigenvalue weighted by Crippen LogP contribution is -2.35. The number of aromatic nitrogens is 2. The highest BCUT2D eigenvalue weighted by Crippen LogP contribution is 2.58. The molecule has 2 amide bonds. The van der Waals surface area contributed by atoms with Gasteiger partial charge in [-0.05, 0) is 55.2 Å². The fourth-order valence-electron chi connectivity index (χ4n) is 4.71. The zero-order valence-corrected chi connectivity index (χ0v) is 14.8. The quantitative estimate of drug-likeness (QED) is 0.654. The molecule has 1 saturated heterocycles. The van der Waals surface area contributed by atoms with E-state index < -0.39 is 0 Å². The number of hydrogen-bond acceptors (Lipinski definition) is 3. The smallest absolute Gasteiger partial charge is 0.307 e. The van der Waals surface area contributed by atoms with Crippen molar-refractivity contribution in [2.24, 2.45) is 0 Å². The van der Waals surface area contributed by atoms with Crippen LogP contribution < -0.4 is 5.32 Å². The largest absolute Gasteiger partial charge is 0.323 e. The van der Waals surface area contributed by atoms with Gasteiger partial charge in [-0.3, -0.25) is 0 Å². The summed E-state index contributed by atoms with van der Waals surface area (Å²) >= 11 is 4.78. The number of amides is 2. The summed E-state index contributed by atoms with van der Waals surface area (Å²) in [6.07, 6.45) is 7.87. The van der Waals surface area contributed by atoms with E-state index in [9.17, 15) is 9.18 Å². The van der Waals surface area contributed by atoms with Crippen molar-refractivity contribution in [1.82, 2.24) is 20.0 Å². The lowest BCUT2D eigenvalue weighted by Gasteiger charge is -2.28. The molecule has 1 spiro atoms. The molecule has 5 rings (SSSR count). The number of halogens is 1. The van der Waals surface area contributed by atoms with Gasteiger partial charge in [-0.2, -0.15) is 5.10 Å². The number of benzene rings is 1. The van der Waals surface area contributed by atoms with Crippen LogP contribution in [0.3, 0.4) is 0 Å². The van der Waals surface area contributed by atoms with Crippen molar-refractivity contribution in [3.63, 3.8) is 0 Å². The van der Waals surface area contributed by atoms with Gasteiger partial charge in [0.15, 0.2) is 0 Å². The first-order valence-electron chi connectivity index (χ1n) is 8.72. The van der Waals surface area contributed by atoms with Gasteiger partial charge < -0.3 is 10.2 Å². The molecule has 7 heteroatoms. The highest BCUT2D eigenvalue weighted by atomic mass is 32.1. The molecule has 0 bridgehead atoms. The van der Waals surface area contributed by atoms with Crippen LogP contribution in [0.4, 0.5) is 9.18 Å². The first-order chi connectivity index (χ1) is 12.6. The second-order valence-electron chi connectivity index (χ2n) is 7.06. The molecule has 2 atom stereocenters. The fourth-order valence-corrected chi connectivity index (χ4v) is 4.81. The molecule has 2 unspecified atom stereocenters. The third kappa shape index (κ3) is 2.03. The van der Waals surface area contributed by atoms with Crippen LogP contribution >= 0.6 is 12.2 Å². The summed E-state index contributed by atoms with van der Waals surface area (Å²) in [7, 11) is 0. The Morgan fingerprint density at radius 2 is 2.19 bits per heavy atom. The number of urea groups is 1. The van der Waals surface area contributed by atoms with E-state index in [0.29, 0.717) is 0 Å². The molecule has 2 fully saturated rings. The van der Waals surface area contributed by atoms with Crippen LogP contribution in [0.5, 0.6) is 0 Å². The van der Waals surface area contributed by atoms with Gasteiger partial charge in [-0.25, -0.2) is 13.9 Å². The fraction of sp³-hybridized carbons (Fsp3) is 0.316. The zero-order valence-electron chi connectivity index (χ0n) is 14.0. The Balaban J connectivity index is 1.55. The number of thiocarbonyl (C=S) groups is 1. The van der Waals surface area contributed by atoms with Gasteiger partial charge in [-0.1, -0.05) is 12.2 Å². The van der Waals surface area contributed by atoms with Crippen molar-refractivity contribution in [2.75, 3.05) is 0 Å². The number of fused-ring (bicyclic) bond motifs is 1.